The lowest BCUT2D eigenvalue weighted by atomic mass is 9.89. The van der Waals surface area contributed by atoms with E-state index in [-0.39, 0.29) is 0 Å². The van der Waals surface area contributed by atoms with Gasteiger partial charge in [0.1, 0.15) is 6.07 Å². The van der Waals surface area contributed by atoms with Crippen molar-refractivity contribution in [3.8, 4) is 6.07 Å². The van der Waals surface area contributed by atoms with Gasteiger partial charge in [-0.1, -0.05) is 13.3 Å². The summed E-state index contributed by atoms with van der Waals surface area (Å²) in [6.45, 7) is 3.12. The number of anilines is 1. The summed E-state index contributed by atoms with van der Waals surface area (Å²) in [5.41, 5.74) is -0.292. The summed E-state index contributed by atoms with van der Waals surface area (Å²) in [7, 11) is 0. The molecule has 1 fully saturated rings. The van der Waals surface area contributed by atoms with Gasteiger partial charge in [-0.15, -0.1) is 0 Å². The maximum Gasteiger partial charge on any atom is 0.183 e. The number of hydrogen-bond donors (Lipinski definition) is 1. The van der Waals surface area contributed by atoms with E-state index >= 15 is 0 Å². The minimum atomic E-state index is -0.612. The second-order valence-electron chi connectivity index (χ2n) is 4.17. The summed E-state index contributed by atoms with van der Waals surface area (Å²) < 4.78 is 0. The Morgan fingerprint density at radius 3 is 2.81 bits per heavy atom. The lowest BCUT2D eigenvalue weighted by molar-refractivity contribution is 0.00288. The molecule has 84 valence electrons. The average Bonchev–Trinajstić information content (AvgIpc) is 2.26. The first-order chi connectivity index (χ1) is 7.68. The number of hydrogen-bond acceptors (Lipinski definition) is 5. The number of aliphatic hydroxyl groups is 1. The van der Waals surface area contributed by atoms with Crippen LogP contribution in [0.25, 0.3) is 0 Å². The topological polar surface area (TPSA) is 73.0 Å². The van der Waals surface area contributed by atoms with Crippen LogP contribution in [0.4, 0.5) is 5.82 Å². The van der Waals surface area contributed by atoms with Gasteiger partial charge in [0, 0.05) is 12.4 Å². The Kier molecular flexibility index (Phi) is 2.75. The predicted molar refractivity (Wildman–Crippen MR) is 58.8 cm³/mol. The van der Waals surface area contributed by atoms with Crippen LogP contribution in [0.15, 0.2) is 12.4 Å². The first-order valence-corrected chi connectivity index (χ1v) is 5.37. The molecule has 1 aromatic rings. The van der Waals surface area contributed by atoms with E-state index in [1.54, 1.807) is 6.20 Å². The summed E-state index contributed by atoms with van der Waals surface area (Å²) in [5.74, 6) is 0.575. The normalized spacial score (nSPS) is 17.7. The molecule has 0 aromatic carbocycles. The Morgan fingerprint density at radius 2 is 2.19 bits per heavy atom. The monoisotopic (exact) mass is 218 g/mol. The van der Waals surface area contributed by atoms with Gasteiger partial charge in [0.15, 0.2) is 11.5 Å². The molecule has 0 amide bonds. The van der Waals surface area contributed by atoms with Gasteiger partial charge in [0.25, 0.3) is 0 Å². The molecule has 2 rings (SSSR count). The van der Waals surface area contributed by atoms with E-state index in [2.05, 4.69) is 9.97 Å². The van der Waals surface area contributed by atoms with Gasteiger partial charge in [-0.25, -0.2) is 9.97 Å². The average molecular weight is 218 g/mol. The Labute approximate surface area is 94.4 Å². The molecule has 1 aliphatic rings. The fourth-order valence-electron chi connectivity index (χ4n) is 2.08. The number of rotatable bonds is 3. The molecule has 16 heavy (non-hydrogen) atoms. The summed E-state index contributed by atoms with van der Waals surface area (Å²) in [6, 6.07) is 2.01. The van der Waals surface area contributed by atoms with E-state index in [1.165, 1.54) is 6.20 Å². The smallest absolute Gasteiger partial charge is 0.183 e. The Morgan fingerprint density at radius 1 is 1.50 bits per heavy atom. The van der Waals surface area contributed by atoms with Gasteiger partial charge < -0.3 is 10.0 Å². The van der Waals surface area contributed by atoms with E-state index in [0.29, 0.717) is 24.6 Å². The second kappa shape index (κ2) is 4.06. The maximum atomic E-state index is 10.0. The highest BCUT2D eigenvalue weighted by Crippen LogP contribution is 2.30. The lowest BCUT2D eigenvalue weighted by Gasteiger charge is -2.47. The fraction of sp³-hybridized carbons (Fsp3) is 0.545. The van der Waals surface area contributed by atoms with Crippen molar-refractivity contribution >= 4 is 5.82 Å². The van der Waals surface area contributed by atoms with Crippen LogP contribution in [-0.2, 0) is 0 Å². The molecule has 0 atom stereocenters. The van der Waals surface area contributed by atoms with Crippen LogP contribution in [0.1, 0.15) is 25.5 Å². The van der Waals surface area contributed by atoms with Crippen molar-refractivity contribution in [3.63, 3.8) is 0 Å². The van der Waals surface area contributed by atoms with Gasteiger partial charge in [-0.2, -0.15) is 5.26 Å². The van der Waals surface area contributed by atoms with E-state index in [4.69, 9.17) is 5.26 Å². The zero-order valence-electron chi connectivity index (χ0n) is 9.22. The van der Waals surface area contributed by atoms with Crippen LogP contribution < -0.4 is 4.90 Å². The molecule has 5 heteroatoms. The zero-order valence-corrected chi connectivity index (χ0v) is 9.22. The molecule has 1 saturated heterocycles. The summed E-state index contributed by atoms with van der Waals surface area (Å²) in [4.78, 5) is 9.96. The molecule has 5 nitrogen and oxygen atoms in total. The van der Waals surface area contributed by atoms with Gasteiger partial charge in [-0.05, 0) is 6.42 Å². The van der Waals surface area contributed by atoms with Crippen molar-refractivity contribution < 1.29 is 5.11 Å². The van der Waals surface area contributed by atoms with E-state index in [9.17, 15) is 5.11 Å². The van der Waals surface area contributed by atoms with Crippen molar-refractivity contribution in [2.24, 2.45) is 0 Å². The van der Waals surface area contributed by atoms with Crippen LogP contribution in [0.2, 0.25) is 0 Å². The standard InChI is InChI=1S/C11H14N4O/c1-2-3-11(16)7-15(8-11)10-9(6-12)13-4-5-14-10/h4-5,16H,2-3,7-8H2,1H3. The molecule has 0 radical (unpaired) electrons. The Hall–Kier alpha value is -1.67. The molecule has 1 N–H and O–H groups in total. The molecule has 1 aliphatic heterocycles. The second-order valence-corrected chi connectivity index (χ2v) is 4.17. The number of nitrogens with zero attached hydrogens (tertiary/aromatic N) is 4. The SMILES string of the molecule is CCCC1(O)CN(c2nccnc2C#N)C1. The van der Waals surface area contributed by atoms with Crippen molar-refractivity contribution in [3.05, 3.63) is 18.1 Å². The molecule has 2 heterocycles. The third kappa shape index (κ3) is 1.84. The number of nitriles is 1. The van der Waals surface area contributed by atoms with Gasteiger partial charge >= 0.3 is 0 Å². The molecule has 0 saturated carbocycles. The van der Waals surface area contributed by atoms with E-state index in [0.717, 1.165) is 12.8 Å². The molecule has 0 aliphatic carbocycles. The fourth-order valence-corrected chi connectivity index (χ4v) is 2.08. The van der Waals surface area contributed by atoms with Crippen molar-refractivity contribution in [2.75, 3.05) is 18.0 Å². The largest absolute Gasteiger partial charge is 0.386 e. The third-order valence-corrected chi connectivity index (χ3v) is 2.77. The molecule has 0 bridgehead atoms. The van der Waals surface area contributed by atoms with E-state index in [1.807, 2.05) is 17.9 Å². The van der Waals surface area contributed by atoms with Crippen LogP contribution in [-0.4, -0.2) is 33.8 Å². The summed E-state index contributed by atoms with van der Waals surface area (Å²) >= 11 is 0. The van der Waals surface area contributed by atoms with Crippen LogP contribution in [0.5, 0.6) is 0 Å². The minimum absolute atomic E-state index is 0.320. The number of β-amino-alcohol motifs (C(OH)–C–C–N with tert-alkyl or cyclic N) is 1. The molecule has 0 unspecified atom stereocenters. The van der Waals surface area contributed by atoms with Gasteiger partial charge in [0.2, 0.25) is 0 Å². The Balaban J connectivity index is 2.10. The Bertz CT molecular complexity index is 420. The van der Waals surface area contributed by atoms with Crippen molar-refractivity contribution in [1.29, 1.82) is 5.26 Å². The predicted octanol–water partition coefficient (Wildman–Crippen LogP) is 0.699. The highest BCUT2D eigenvalue weighted by atomic mass is 16.3. The van der Waals surface area contributed by atoms with Crippen LogP contribution in [0.3, 0.4) is 0 Å². The molecule has 0 spiro atoms. The maximum absolute atomic E-state index is 10.0. The van der Waals surface area contributed by atoms with Crippen molar-refractivity contribution in [2.45, 2.75) is 25.4 Å². The molecular weight excluding hydrogens is 204 g/mol. The molecule has 1 aromatic heterocycles. The summed E-state index contributed by atoms with van der Waals surface area (Å²) in [6.07, 6.45) is 4.80. The van der Waals surface area contributed by atoms with Crippen LogP contribution >= 0.6 is 0 Å². The first-order valence-electron chi connectivity index (χ1n) is 5.37. The number of aromatic nitrogens is 2. The van der Waals surface area contributed by atoms with Crippen molar-refractivity contribution in [1.82, 2.24) is 9.97 Å². The highest BCUT2D eigenvalue weighted by molar-refractivity contribution is 5.52. The lowest BCUT2D eigenvalue weighted by Crippen LogP contribution is -2.62. The minimum Gasteiger partial charge on any atom is -0.386 e. The van der Waals surface area contributed by atoms with E-state index < -0.39 is 5.60 Å². The summed E-state index contributed by atoms with van der Waals surface area (Å²) in [5, 5.41) is 18.9. The third-order valence-electron chi connectivity index (χ3n) is 2.77. The van der Waals surface area contributed by atoms with Crippen LogP contribution in [0, 0.1) is 11.3 Å². The molecular formula is C11H14N4O. The zero-order chi connectivity index (χ0) is 11.6. The first kappa shape index (κ1) is 10.8. The van der Waals surface area contributed by atoms with Gasteiger partial charge in [-0.3, -0.25) is 0 Å². The van der Waals surface area contributed by atoms with Gasteiger partial charge in [0.05, 0.1) is 18.7 Å². The highest BCUT2D eigenvalue weighted by Gasteiger charge is 2.41. The quantitative estimate of drug-likeness (QED) is 0.808.